The number of hydrogen-bond donors (Lipinski definition) is 2. The number of nitrogens with one attached hydrogen (secondary N) is 2. The Morgan fingerprint density at radius 1 is 0.947 bits per heavy atom. The Morgan fingerprint density at radius 2 is 1.61 bits per heavy atom. The van der Waals surface area contributed by atoms with Crippen LogP contribution in [0.3, 0.4) is 0 Å². The predicted octanol–water partition coefficient (Wildman–Crippen LogP) is 8.72. The second kappa shape index (κ2) is 19.3. The highest BCUT2D eigenvalue weighted by Gasteiger charge is 2.29. The third-order valence-corrected chi connectivity index (χ3v) is 14.3. The molecule has 0 aliphatic carbocycles. The Bertz CT molecular complexity index is 2230. The second-order valence-electron chi connectivity index (χ2n) is 14.3. The van der Waals surface area contributed by atoms with Gasteiger partial charge in [0.05, 0.1) is 4.92 Å². The van der Waals surface area contributed by atoms with Gasteiger partial charge in [0.2, 0.25) is 0 Å². The summed E-state index contributed by atoms with van der Waals surface area (Å²) in [4.78, 5) is 32.7. The number of thiophene rings is 1. The molecule has 1 aliphatic rings. The van der Waals surface area contributed by atoms with E-state index in [1.165, 1.54) is 11.1 Å². The first-order valence-corrected chi connectivity index (χ1v) is 22.4. The molecular weight excluding hydrogens is 800 g/mol. The maximum atomic E-state index is 13.5. The van der Waals surface area contributed by atoms with Crippen LogP contribution in [0.25, 0.3) is 11.1 Å². The minimum absolute atomic E-state index is 0.133. The molecule has 1 amide bonds. The molecule has 57 heavy (non-hydrogen) atoms. The van der Waals surface area contributed by atoms with E-state index in [1.54, 1.807) is 23.9 Å². The van der Waals surface area contributed by atoms with E-state index in [9.17, 15) is 23.3 Å². The summed E-state index contributed by atoms with van der Waals surface area (Å²) in [5.74, 6) is -0.208. The maximum Gasteiger partial charge on any atom is 0.304 e. The van der Waals surface area contributed by atoms with Crippen LogP contribution in [-0.2, 0) is 16.6 Å². The molecule has 15 heteroatoms. The molecule has 0 saturated carbocycles. The van der Waals surface area contributed by atoms with E-state index in [2.05, 4.69) is 56.8 Å². The topological polar surface area (TPSA) is 128 Å². The highest BCUT2D eigenvalue weighted by atomic mass is 35.5. The zero-order chi connectivity index (χ0) is 40.5. The van der Waals surface area contributed by atoms with Crippen LogP contribution in [0.15, 0.2) is 118 Å². The molecule has 0 radical (unpaired) electrons. The van der Waals surface area contributed by atoms with Crippen molar-refractivity contribution < 1.29 is 18.1 Å². The number of nitrogens with zero attached hydrogens (tertiary/aromatic N) is 4. The standard InChI is InChI=1S/C42H47ClN6O5S3/c1-30(2)46(3)22-21-35(29-55-37-10-5-4-6-11-37)44-42-39(49(51)52)27-40(56-42)57(53,54)45-41(50)32-15-19-36(20-16-32)48-25-23-47(24-26-48)28-33-9-7-8-12-38(33)31-13-17-34(43)18-14-31/h4-20,27,30,35,44H,21-26,28-29H2,1-3H3,(H,45,50)/t35-/m1/s1. The molecular formula is C42H47ClN6O5S3. The summed E-state index contributed by atoms with van der Waals surface area (Å²) in [5.41, 5.74) is 4.30. The summed E-state index contributed by atoms with van der Waals surface area (Å²) in [6, 6.07) is 34.1. The summed E-state index contributed by atoms with van der Waals surface area (Å²) in [6.45, 7) is 9.02. The van der Waals surface area contributed by atoms with Crippen LogP contribution in [0.5, 0.6) is 0 Å². The molecule has 0 unspecified atom stereocenters. The molecule has 1 aromatic heterocycles. The van der Waals surface area contributed by atoms with Gasteiger partial charge in [-0.3, -0.25) is 19.8 Å². The minimum atomic E-state index is -4.42. The van der Waals surface area contributed by atoms with E-state index < -0.39 is 20.9 Å². The van der Waals surface area contributed by atoms with Crippen molar-refractivity contribution in [1.29, 1.82) is 0 Å². The van der Waals surface area contributed by atoms with Gasteiger partial charge in [-0.25, -0.2) is 13.1 Å². The average molecular weight is 848 g/mol. The predicted molar refractivity (Wildman–Crippen MR) is 233 cm³/mol. The first kappa shape index (κ1) is 42.2. The normalized spacial score (nSPS) is 14.2. The van der Waals surface area contributed by atoms with E-state index in [0.29, 0.717) is 23.2 Å². The number of halogens is 1. The van der Waals surface area contributed by atoms with Gasteiger partial charge in [-0.05, 0) is 92.5 Å². The molecule has 4 aromatic carbocycles. The fraction of sp³-hybridized carbons (Fsp3) is 0.310. The number of hydrogen-bond acceptors (Lipinski definition) is 11. The van der Waals surface area contributed by atoms with Crippen LogP contribution in [0, 0.1) is 10.1 Å². The summed E-state index contributed by atoms with van der Waals surface area (Å²) >= 11 is 8.49. The average Bonchev–Trinajstić information content (AvgIpc) is 3.65. The van der Waals surface area contributed by atoms with Crippen LogP contribution >= 0.6 is 34.7 Å². The van der Waals surface area contributed by atoms with Gasteiger partial charge in [0, 0.05) is 84.3 Å². The molecule has 0 bridgehead atoms. The fourth-order valence-electron chi connectivity index (χ4n) is 6.47. The molecule has 0 spiro atoms. The Kier molecular flexibility index (Phi) is 14.3. The van der Waals surface area contributed by atoms with Crippen molar-refractivity contribution >= 4 is 67.0 Å². The largest absolute Gasteiger partial charge is 0.369 e. The lowest BCUT2D eigenvalue weighted by molar-refractivity contribution is -0.383. The van der Waals surface area contributed by atoms with E-state index in [0.717, 1.165) is 72.8 Å². The summed E-state index contributed by atoms with van der Waals surface area (Å²) in [5, 5.41) is 16.2. The minimum Gasteiger partial charge on any atom is -0.369 e. The highest BCUT2D eigenvalue weighted by Crippen LogP contribution is 2.38. The van der Waals surface area contributed by atoms with Crippen molar-refractivity contribution in [3.8, 4) is 11.1 Å². The quantitative estimate of drug-likeness (QED) is 0.0533. The molecule has 1 saturated heterocycles. The zero-order valence-corrected chi connectivity index (χ0v) is 35.3. The van der Waals surface area contributed by atoms with Crippen molar-refractivity contribution in [3.05, 3.63) is 135 Å². The molecule has 300 valence electrons. The van der Waals surface area contributed by atoms with Crippen LogP contribution in [-0.4, -0.2) is 86.7 Å². The molecule has 6 rings (SSSR count). The van der Waals surface area contributed by atoms with Gasteiger partial charge in [0.25, 0.3) is 15.9 Å². The number of carbonyl (C=O) groups excluding carboxylic acids is 1. The number of nitro groups is 1. The second-order valence-corrected chi connectivity index (χ2v) is 18.8. The van der Waals surface area contributed by atoms with Crippen molar-refractivity contribution in [3.63, 3.8) is 0 Å². The number of anilines is 2. The SMILES string of the molecule is CC(C)N(C)CC[C@H](CSc1ccccc1)Nc1sc(S(=O)(=O)NC(=O)c2ccc(N3CCN(Cc4ccccc4-c4ccc(Cl)cc4)CC3)cc2)cc1[N+](=O)[O-]. The van der Waals surface area contributed by atoms with E-state index in [-0.39, 0.29) is 26.5 Å². The molecule has 1 fully saturated rings. The first-order chi connectivity index (χ1) is 27.4. The van der Waals surface area contributed by atoms with Gasteiger partial charge < -0.3 is 15.1 Å². The molecule has 5 aromatic rings. The highest BCUT2D eigenvalue weighted by molar-refractivity contribution is 7.99. The Balaban J connectivity index is 1.07. The number of carbonyl (C=O) groups is 1. The third-order valence-electron chi connectivity index (χ3n) is 10.1. The van der Waals surface area contributed by atoms with E-state index in [1.807, 2.05) is 79.8 Å². The van der Waals surface area contributed by atoms with Gasteiger partial charge in [0.15, 0.2) is 5.00 Å². The van der Waals surface area contributed by atoms with Crippen molar-refractivity contribution in [2.24, 2.45) is 0 Å². The van der Waals surface area contributed by atoms with Crippen LogP contribution < -0.4 is 14.9 Å². The molecule has 11 nitrogen and oxygen atoms in total. The van der Waals surface area contributed by atoms with E-state index in [4.69, 9.17) is 11.6 Å². The fourth-order valence-corrected chi connectivity index (χ4v) is 9.97. The lowest BCUT2D eigenvalue weighted by Gasteiger charge is -2.36. The van der Waals surface area contributed by atoms with Crippen molar-refractivity contribution in [2.75, 3.05) is 55.7 Å². The zero-order valence-electron chi connectivity index (χ0n) is 32.1. The van der Waals surface area contributed by atoms with Crippen LogP contribution in [0.1, 0.15) is 36.2 Å². The lowest BCUT2D eigenvalue weighted by Crippen LogP contribution is -2.46. The van der Waals surface area contributed by atoms with Crippen molar-refractivity contribution in [1.82, 2.24) is 14.5 Å². The summed E-state index contributed by atoms with van der Waals surface area (Å²) in [6.07, 6.45) is 0.674. The van der Waals surface area contributed by atoms with Gasteiger partial charge in [-0.1, -0.05) is 77.5 Å². The number of benzene rings is 4. The number of piperazine rings is 1. The number of rotatable bonds is 17. The Morgan fingerprint density at radius 3 is 2.28 bits per heavy atom. The number of sulfonamides is 1. The maximum absolute atomic E-state index is 13.5. The Hall–Kier alpha value is -4.44. The first-order valence-electron chi connectivity index (χ1n) is 18.8. The summed E-state index contributed by atoms with van der Waals surface area (Å²) in [7, 11) is -2.40. The van der Waals surface area contributed by atoms with Crippen LogP contribution in [0.4, 0.5) is 16.4 Å². The molecule has 1 aliphatic heterocycles. The van der Waals surface area contributed by atoms with Gasteiger partial charge in [-0.15, -0.1) is 11.8 Å². The van der Waals surface area contributed by atoms with Gasteiger partial charge >= 0.3 is 5.69 Å². The lowest BCUT2D eigenvalue weighted by atomic mass is 9.99. The Labute approximate surface area is 348 Å². The summed E-state index contributed by atoms with van der Waals surface area (Å²) < 4.78 is 28.8. The molecule has 2 heterocycles. The van der Waals surface area contributed by atoms with Gasteiger partial charge in [-0.2, -0.15) is 0 Å². The smallest absolute Gasteiger partial charge is 0.304 e. The number of amides is 1. The van der Waals surface area contributed by atoms with Crippen LogP contribution in [0.2, 0.25) is 5.02 Å². The molecule has 2 N–H and O–H groups in total. The number of thioether (sulfide) groups is 1. The molecule has 1 atom stereocenters. The van der Waals surface area contributed by atoms with Crippen molar-refractivity contribution in [2.45, 2.75) is 48.0 Å². The van der Waals surface area contributed by atoms with Gasteiger partial charge in [0.1, 0.15) is 4.21 Å². The monoisotopic (exact) mass is 846 g/mol. The van der Waals surface area contributed by atoms with E-state index >= 15 is 0 Å². The third kappa shape index (κ3) is 11.4.